The molecule has 0 saturated carbocycles. The van der Waals surface area contributed by atoms with Crippen molar-refractivity contribution in [2.75, 3.05) is 0 Å². The maximum Gasteiger partial charge on any atom is 0.311 e. The summed E-state index contributed by atoms with van der Waals surface area (Å²) in [7, 11) is 0. The predicted octanol–water partition coefficient (Wildman–Crippen LogP) is 3.76. The van der Waals surface area contributed by atoms with Crippen molar-refractivity contribution in [2.24, 2.45) is 0 Å². The first-order valence-electron chi connectivity index (χ1n) is 8.93. The minimum absolute atomic E-state index is 0.169. The zero-order valence-electron chi connectivity index (χ0n) is 15.7. The second-order valence-electron chi connectivity index (χ2n) is 6.42. The van der Waals surface area contributed by atoms with Crippen molar-refractivity contribution in [3.63, 3.8) is 0 Å². The molecular weight excluding hydrogens is 429 g/mol. The molecule has 31 heavy (non-hydrogen) atoms. The maximum atomic E-state index is 13.4. The average Bonchev–Trinajstić information content (AvgIpc) is 3.45. The van der Waals surface area contributed by atoms with Gasteiger partial charge in [0, 0.05) is 18.2 Å². The highest BCUT2D eigenvalue weighted by atomic mass is 32.1. The van der Waals surface area contributed by atoms with Crippen LogP contribution in [0.25, 0.3) is 6.08 Å². The highest BCUT2D eigenvalue weighted by Crippen LogP contribution is 2.28. The standard InChI is InChI=1S/C20H14FN3O6S/c21-12-3-6-17(24(26)27)18(8-12)29-11-15-5-4-13(30-15)9-16-19(25)23(20(31)22-16)10-14-2-1-7-28-14/h1-9H,10-11H2,(H,22,31)/b16-9+. The number of benzene rings is 1. The fraction of sp³-hybridized carbons (Fsp3) is 0.100. The Balaban J connectivity index is 1.44. The molecule has 1 amide bonds. The van der Waals surface area contributed by atoms with E-state index in [9.17, 15) is 19.3 Å². The van der Waals surface area contributed by atoms with Crippen LogP contribution in [0, 0.1) is 15.9 Å². The summed E-state index contributed by atoms with van der Waals surface area (Å²) in [6.45, 7) is 0.0243. The van der Waals surface area contributed by atoms with E-state index in [0.717, 1.165) is 18.2 Å². The fourth-order valence-electron chi connectivity index (χ4n) is 2.87. The van der Waals surface area contributed by atoms with Crippen molar-refractivity contribution in [3.05, 3.63) is 87.6 Å². The third-order valence-corrected chi connectivity index (χ3v) is 4.64. The number of thiocarbonyl (C=S) groups is 1. The van der Waals surface area contributed by atoms with Gasteiger partial charge in [0.1, 0.15) is 35.4 Å². The number of nitro benzene ring substituents is 1. The number of nitro groups is 1. The lowest BCUT2D eigenvalue weighted by Gasteiger charge is -2.11. The summed E-state index contributed by atoms with van der Waals surface area (Å²) in [4.78, 5) is 24.3. The number of carbonyl (C=O) groups excluding carboxylic acids is 1. The molecule has 1 aliphatic rings. The average molecular weight is 443 g/mol. The van der Waals surface area contributed by atoms with Crippen molar-refractivity contribution in [3.8, 4) is 5.75 Å². The van der Waals surface area contributed by atoms with Gasteiger partial charge in [-0.05, 0) is 42.5 Å². The van der Waals surface area contributed by atoms with E-state index >= 15 is 0 Å². The lowest BCUT2D eigenvalue weighted by molar-refractivity contribution is -0.386. The van der Waals surface area contributed by atoms with Gasteiger partial charge in [-0.2, -0.15) is 0 Å². The number of nitrogens with one attached hydrogen (secondary N) is 1. The lowest BCUT2D eigenvalue weighted by atomic mass is 10.3. The minimum Gasteiger partial charge on any atom is -0.479 e. The van der Waals surface area contributed by atoms with Crippen LogP contribution in [-0.4, -0.2) is 20.8 Å². The number of hydrogen-bond donors (Lipinski definition) is 1. The Morgan fingerprint density at radius 2 is 2.10 bits per heavy atom. The third kappa shape index (κ3) is 4.46. The summed E-state index contributed by atoms with van der Waals surface area (Å²) in [6, 6.07) is 9.56. The van der Waals surface area contributed by atoms with Gasteiger partial charge >= 0.3 is 5.69 Å². The zero-order chi connectivity index (χ0) is 22.0. The summed E-state index contributed by atoms with van der Waals surface area (Å²) in [6.07, 6.45) is 2.99. The molecule has 0 bridgehead atoms. The van der Waals surface area contributed by atoms with Gasteiger partial charge in [0.2, 0.25) is 0 Å². The van der Waals surface area contributed by atoms with Crippen molar-refractivity contribution < 1.29 is 27.7 Å². The monoisotopic (exact) mass is 443 g/mol. The van der Waals surface area contributed by atoms with E-state index in [1.165, 1.54) is 17.2 Å². The number of hydrogen-bond acceptors (Lipinski definition) is 7. The van der Waals surface area contributed by atoms with Crippen molar-refractivity contribution >= 4 is 35.0 Å². The molecule has 0 radical (unpaired) electrons. The van der Waals surface area contributed by atoms with Crippen LogP contribution in [-0.2, 0) is 17.9 Å². The first-order valence-corrected chi connectivity index (χ1v) is 9.34. The Morgan fingerprint density at radius 3 is 2.84 bits per heavy atom. The van der Waals surface area contributed by atoms with Gasteiger partial charge in [-0.1, -0.05) is 0 Å². The summed E-state index contributed by atoms with van der Waals surface area (Å²) in [5.41, 5.74) is -0.139. The first kappa shape index (κ1) is 20.3. The van der Waals surface area contributed by atoms with Gasteiger partial charge in [-0.25, -0.2) is 4.39 Å². The number of rotatable bonds is 7. The van der Waals surface area contributed by atoms with Crippen LogP contribution in [0.1, 0.15) is 17.3 Å². The van der Waals surface area contributed by atoms with E-state index < -0.39 is 10.7 Å². The quantitative estimate of drug-likeness (QED) is 0.254. The molecule has 1 fully saturated rings. The number of ether oxygens (including phenoxy) is 1. The second kappa shape index (κ2) is 8.40. The Labute approximate surface area is 179 Å². The van der Waals surface area contributed by atoms with Gasteiger partial charge < -0.3 is 18.9 Å². The van der Waals surface area contributed by atoms with Crippen LogP contribution >= 0.6 is 12.2 Å². The summed E-state index contributed by atoms with van der Waals surface area (Å²) < 4.78 is 29.6. The highest BCUT2D eigenvalue weighted by molar-refractivity contribution is 7.80. The molecule has 2 aromatic heterocycles. The molecule has 1 saturated heterocycles. The van der Waals surface area contributed by atoms with Crippen molar-refractivity contribution in [2.45, 2.75) is 13.2 Å². The SMILES string of the molecule is O=C1/C(=C\c2ccc(COc3cc(F)ccc3[N+](=O)[O-])o2)NC(=S)N1Cc1ccco1. The number of amides is 1. The van der Waals surface area contributed by atoms with Crippen molar-refractivity contribution in [1.29, 1.82) is 0 Å². The van der Waals surface area contributed by atoms with E-state index in [2.05, 4.69) is 5.32 Å². The minimum atomic E-state index is -0.665. The molecule has 0 atom stereocenters. The fourth-order valence-corrected chi connectivity index (χ4v) is 3.13. The molecule has 0 unspecified atom stereocenters. The van der Waals surface area contributed by atoms with Gasteiger partial charge in [0.05, 0.1) is 17.7 Å². The number of nitrogens with zero attached hydrogens (tertiary/aromatic N) is 2. The normalized spacial score (nSPS) is 14.9. The summed E-state index contributed by atoms with van der Waals surface area (Å²) in [5, 5.41) is 14.1. The van der Waals surface area contributed by atoms with Gasteiger partial charge in [0.15, 0.2) is 10.9 Å². The van der Waals surface area contributed by atoms with E-state index in [0.29, 0.717) is 17.3 Å². The molecular formula is C20H14FN3O6S. The maximum absolute atomic E-state index is 13.4. The molecule has 11 heteroatoms. The zero-order valence-corrected chi connectivity index (χ0v) is 16.6. The number of carbonyl (C=O) groups is 1. The molecule has 0 aliphatic carbocycles. The van der Waals surface area contributed by atoms with Gasteiger partial charge in [0.25, 0.3) is 5.91 Å². The lowest BCUT2D eigenvalue weighted by Crippen LogP contribution is -2.29. The topological polar surface area (TPSA) is 111 Å². The van der Waals surface area contributed by atoms with Crippen LogP contribution in [0.3, 0.4) is 0 Å². The third-order valence-electron chi connectivity index (χ3n) is 4.31. The first-order chi connectivity index (χ1) is 14.9. The Hall–Kier alpha value is -3.99. The van der Waals surface area contributed by atoms with E-state index in [-0.39, 0.29) is 41.3 Å². The molecule has 1 aliphatic heterocycles. The molecule has 1 aromatic carbocycles. The largest absolute Gasteiger partial charge is 0.479 e. The number of furan rings is 2. The highest BCUT2D eigenvalue weighted by Gasteiger charge is 2.31. The molecule has 158 valence electrons. The molecule has 4 rings (SSSR count). The Kier molecular flexibility index (Phi) is 5.50. The van der Waals surface area contributed by atoms with Gasteiger partial charge in [-0.15, -0.1) is 0 Å². The summed E-state index contributed by atoms with van der Waals surface area (Å²) in [5.74, 6) is 0.0320. The van der Waals surface area contributed by atoms with Gasteiger partial charge in [-0.3, -0.25) is 19.8 Å². The van der Waals surface area contributed by atoms with Crippen LogP contribution in [0.5, 0.6) is 5.75 Å². The van der Waals surface area contributed by atoms with Crippen LogP contribution in [0.4, 0.5) is 10.1 Å². The molecule has 9 nitrogen and oxygen atoms in total. The van der Waals surface area contributed by atoms with Crippen LogP contribution < -0.4 is 10.1 Å². The second-order valence-corrected chi connectivity index (χ2v) is 6.81. The van der Waals surface area contributed by atoms with Crippen LogP contribution in [0.15, 0.2) is 63.3 Å². The van der Waals surface area contributed by atoms with E-state index in [1.807, 2.05) is 0 Å². The Morgan fingerprint density at radius 1 is 1.26 bits per heavy atom. The van der Waals surface area contributed by atoms with E-state index in [1.54, 1.807) is 24.3 Å². The Bertz CT molecular complexity index is 1190. The predicted molar refractivity (Wildman–Crippen MR) is 109 cm³/mol. The smallest absolute Gasteiger partial charge is 0.311 e. The molecule has 0 spiro atoms. The van der Waals surface area contributed by atoms with E-state index in [4.69, 9.17) is 25.8 Å². The molecule has 1 N–H and O–H groups in total. The number of halogens is 1. The molecule has 3 aromatic rings. The molecule has 3 heterocycles. The van der Waals surface area contributed by atoms with Crippen molar-refractivity contribution in [1.82, 2.24) is 10.2 Å². The summed E-state index contributed by atoms with van der Waals surface area (Å²) >= 11 is 5.20. The van der Waals surface area contributed by atoms with Crippen LogP contribution in [0.2, 0.25) is 0 Å².